The van der Waals surface area contributed by atoms with E-state index < -0.39 is 0 Å². The summed E-state index contributed by atoms with van der Waals surface area (Å²) in [4.78, 5) is 0. The average molecular weight is 342 g/mol. The Hall–Kier alpha value is -1.30. The Balaban J connectivity index is 2.34. The normalized spacial score (nSPS) is 10.3. The van der Waals surface area contributed by atoms with E-state index in [0.29, 0.717) is 5.69 Å². The highest BCUT2D eigenvalue weighted by Gasteiger charge is 2.04. The third-order valence-corrected chi connectivity index (χ3v) is 3.30. The summed E-state index contributed by atoms with van der Waals surface area (Å²) in [5.41, 5.74) is 9.37. The van der Waals surface area contributed by atoms with Crippen molar-refractivity contribution in [3.8, 4) is 0 Å². The van der Waals surface area contributed by atoms with Gasteiger partial charge in [0.15, 0.2) is 0 Å². The molecular weight excluding hydrogens is 330 g/mol. The topological polar surface area (TPSA) is 38.0 Å². The fourth-order valence-electron chi connectivity index (χ4n) is 1.51. The van der Waals surface area contributed by atoms with E-state index in [1.54, 1.807) is 6.07 Å². The van der Waals surface area contributed by atoms with Crippen molar-refractivity contribution in [2.24, 2.45) is 0 Å². The molecule has 2 rings (SSSR count). The number of hydrogen-bond donors (Lipinski definition) is 2. The van der Waals surface area contributed by atoms with Crippen LogP contribution in [0.4, 0.5) is 21.5 Å². The predicted octanol–water partition coefficient (Wildman–Crippen LogP) is 4.06. The van der Waals surface area contributed by atoms with Crippen LogP contribution in [0.5, 0.6) is 0 Å². The summed E-state index contributed by atoms with van der Waals surface area (Å²) >= 11 is 2.09. The van der Waals surface area contributed by atoms with Crippen LogP contribution in [0.15, 0.2) is 36.4 Å². The zero-order valence-electron chi connectivity index (χ0n) is 9.30. The highest BCUT2D eigenvalue weighted by molar-refractivity contribution is 14.1. The van der Waals surface area contributed by atoms with Gasteiger partial charge in [0, 0.05) is 3.57 Å². The standard InChI is InChI=1S/C13H12FIN2/c1-8-2-4-11(16)13(6-8)17-12-5-3-9(14)7-10(12)15/h2-7,17H,16H2,1H3. The molecule has 17 heavy (non-hydrogen) atoms. The van der Waals surface area contributed by atoms with Gasteiger partial charge in [0.2, 0.25) is 0 Å². The second kappa shape index (κ2) is 4.91. The number of benzene rings is 2. The molecule has 0 amide bonds. The largest absolute Gasteiger partial charge is 0.397 e. The fourth-order valence-corrected chi connectivity index (χ4v) is 2.13. The number of halogens is 2. The molecule has 2 aromatic rings. The molecule has 0 heterocycles. The van der Waals surface area contributed by atoms with Gasteiger partial charge in [-0.3, -0.25) is 0 Å². The van der Waals surface area contributed by atoms with Crippen molar-refractivity contribution in [3.63, 3.8) is 0 Å². The van der Waals surface area contributed by atoms with Gasteiger partial charge in [0.05, 0.1) is 17.1 Å². The number of nitrogen functional groups attached to an aromatic ring is 1. The van der Waals surface area contributed by atoms with Crippen molar-refractivity contribution < 1.29 is 4.39 Å². The van der Waals surface area contributed by atoms with Gasteiger partial charge in [0.25, 0.3) is 0 Å². The van der Waals surface area contributed by atoms with Crippen molar-refractivity contribution in [3.05, 3.63) is 51.3 Å². The van der Waals surface area contributed by atoms with Gasteiger partial charge < -0.3 is 11.1 Å². The van der Waals surface area contributed by atoms with Crippen molar-refractivity contribution >= 4 is 39.7 Å². The van der Waals surface area contributed by atoms with E-state index in [0.717, 1.165) is 20.5 Å². The van der Waals surface area contributed by atoms with Crippen LogP contribution in [0.1, 0.15) is 5.56 Å². The second-order valence-corrected chi connectivity index (χ2v) is 5.00. The summed E-state index contributed by atoms with van der Waals surface area (Å²) in [5, 5.41) is 3.21. The van der Waals surface area contributed by atoms with Gasteiger partial charge in [-0.1, -0.05) is 6.07 Å². The number of aryl methyl sites for hydroxylation is 1. The molecule has 0 aliphatic rings. The quantitative estimate of drug-likeness (QED) is 0.638. The van der Waals surface area contributed by atoms with Crippen LogP contribution in [-0.4, -0.2) is 0 Å². The highest BCUT2D eigenvalue weighted by atomic mass is 127. The lowest BCUT2D eigenvalue weighted by atomic mass is 10.2. The van der Waals surface area contributed by atoms with Gasteiger partial charge >= 0.3 is 0 Å². The fraction of sp³-hybridized carbons (Fsp3) is 0.0769. The molecule has 3 N–H and O–H groups in total. The first-order chi connectivity index (χ1) is 8.06. The Bertz CT molecular complexity index is 555. The Morgan fingerprint density at radius 3 is 2.59 bits per heavy atom. The molecule has 0 bridgehead atoms. The van der Waals surface area contributed by atoms with Crippen LogP contribution in [-0.2, 0) is 0 Å². The molecule has 0 fully saturated rings. The first-order valence-corrected chi connectivity index (χ1v) is 6.22. The smallest absolute Gasteiger partial charge is 0.124 e. The SMILES string of the molecule is Cc1ccc(N)c(Nc2ccc(F)cc2I)c1. The van der Waals surface area contributed by atoms with E-state index >= 15 is 0 Å². The van der Waals surface area contributed by atoms with Crippen molar-refractivity contribution in [1.29, 1.82) is 0 Å². The zero-order chi connectivity index (χ0) is 12.4. The summed E-state index contributed by atoms with van der Waals surface area (Å²) in [6.07, 6.45) is 0. The van der Waals surface area contributed by atoms with E-state index in [4.69, 9.17) is 5.73 Å². The Morgan fingerprint density at radius 2 is 1.88 bits per heavy atom. The third kappa shape index (κ3) is 2.88. The van der Waals surface area contributed by atoms with Crippen LogP contribution in [0.2, 0.25) is 0 Å². The second-order valence-electron chi connectivity index (χ2n) is 3.84. The van der Waals surface area contributed by atoms with Crippen molar-refractivity contribution in [2.45, 2.75) is 6.92 Å². The Labute approximate surface area is 113 Å². The third-order valence-electron chi connectivity index (χ3n) is 2.41. The maximum Gasteiger partial charge on any atom is 0.124 e. The molecule has 4 heteroatoms. The van der Waals surface area contributed by atoms with E-state index in [1.165, 1.54) is 12.1 Å². The van der Waals surface area contributed by atoms with Crippen LogP contribution in [0.3, 0.4) is 0 Å². The molecule has 0 atom stereocenters. The van der Waals surface area contributed by atoms with Gasteiger partial charge in [-0.05, 0) is 65.4 Å². The molecular formula is C13H12FIN2. The maximum atomic E-state index is 13.0. The van der Waals surface area contributed by atoms with E-state index in [1.807, 2.05) is 25.1 Å². The van der Waals surface area contributed by atoms with Crippen LogP contribution >= 0.6 is 22.6 Å². The van der Waals surface area contributed by atoms with Gasteiger partial charge in [0.1, 0.15) is 5.82 Å². The highest BCUT2D eigenvalue weighted by Crippen LogP contribution is 2.27. The molecule has 2 nitrogen and oxygen atoms in total. The monoisotopic (exact) mass is 342 g/mol. The predicted molar refractivity (Wildman–Crippen MR) is 78.0 cm³/mol. The number of rotatable bonds is 2. The molecule has 0 radical (unpaired) electrons. The zero-order valence-corrected chi connectivity index (χ0v) is 11.5. The Morgan fingerprint density at radius 1 is 1.12 bits per heavy atom. The van der Waals surface area contributed by atoms with Crippen LogP contribution in [0, 0.1) is 16.3 Å². The van der Waals surface area contributed by atoms with E-state index in [-0.39, 0.29) is 5.82 Å². The van der Waals surface area contributed by atoms with Crippen LogP contribution in [0.25, 0.3) is 0 Å². The molecule has 0 spiro atoms. The molecule has 0 aliphatic carbocycles. The molecule has 88 valence electrons. The molecule has 0 saturated heterocycles. The lowest BCUT2D eigenvalue weighted by Crippen LogP contribution is -1.98. The lowest BCUT2D eigenvalue weighted by Gasteiger charge is -2.11. The van der Waals surface area contributed by atoms with Gasteiger partial charge in [-0.15, -0.1) is 0 Å². The summed E-state index contributed by atoms with van der Waals surface area (Å²) in [7, 11) is 0. The van der Waals surface area contributed by atoms with E-state index in [9.17, 15) is 4.39 Å². The number of anilines is 3. The summed E-state index contributed by atoms with van der Waals surface area (Å²) in [6.45, 7) is 2.00. The summed E-state index contributed by atoms with van der Waals surface area (Å²) in [6, 6.07) is 10.4. The number of nitrogens with one attached hydrogen (secondary N) is 1. The molecule has 2 aromatic carbocycles. The van der Waals surface area contributed by atoms with Crippen LogP contribution < -0.4 is 11.1 Å². The number of nitrogens with two attached hydrogens (primary N) is 1. The molecule has 0 saturated carbocycles. The maximum absolute atomic E-state index is 13.0. The van der Waals surface area contributed by atoms with Gasteiger partial charge in [-0.25, -0.2) is 4.39 Å². The molecule has 0 aromatic heterocycles. The first kappa shape index (κ1) is 12.2. The minimum Gasteiger partial charge on any atom is -0.397 e. The Kier molecular flexibility index (Phi) is 3.51. The molecule has 0 unspecified atom stereocenters. The first-order valence-electron chi connectivity index (χ1n) is 5.14. The summed E-state index contributed by atoms with van der Waals surface area (Å²) < 4.78 is 13.8. The minimum atomic E-state index is -0.239. The lowest BCUT2D eigenvalue weighted by molar-refractivity contribution is 0.627. The minimum absolute atomic E-state index is 0.239. The summed E-state index contributed by atoms with van der Waals surface area (Å²) in [5.74, 6) is -0.239. The van der Waals surface area contributed by atoms with Crippen molar-refractivity contribution in [1.82, 2.24) is 0 Å². The van der Waals surface area contributed by atoms with Gasteiger partial charge in [-0.2, -0.15) is 0 Å². The van der Waals surface area contributed by atoms with E-state index in [2.05, 4.69) is 27.9 Å². The average Bonchev–Trinajstić information content (AvgIpc) is 2.27. The number of hydrogen-bond acceptors (Lipinski definition) is 2. The molecule has 0 aliphatic heterocycles. The van der Waals surface area contributed by atoms with Crippen molar-refractivity contribution in [2.75, 3.05) is 11.1 Å².